The smallest absolute Gasteiger partial charge is 0.253 e. The molecule has 0 radical (unpaired) electrons. The highest BCUT2D eigenvalue weighted by atomic mass is 16.2. The Morgan fingerprint density at radius 3 is 2.73 bits per heavy atom. The Hall–Kier alpha value is -2.14. The van der Waals surface area contributed by atoms with Gasteiger partial charge in [-0.3, -0.25) is 9.48 Å². The minimum absolute atomic E-state index is 0.0652. The van der Waals surface area contributed by atoms with Crippen LogP contribution in [0.15, 0.2) is 42.7 Å². The second kappa shape index (κ2) is 5.93. The summed E-state index contributed by atoms with van der Waals surface area (Å²) in [7, 11) is 0. The van der Waals surface area contributed by atoms with Crippen LogP contribution < -0.4 is 5.73 Å². The largest absolute Gasteiger partial charge is 0.338 e. The highest BCUT2D eigenvalue weighted by Crippen LogP contribution is 2.29. The summed E-state index contributed by atoms with van der Waals surface area (Å²) in [5, 5.41) is 4.19. The van der Waals surface area contributed by atoms with Crippen LogP contribution in [0.5, 0.6) is 0 Å². The Morgan fingerprint density at radius 1 is 1.36 bits per heavy atom. The molecular formula is C17H22N4O. The highest BCUT2D eigenvalue weighted by molar-refractivity contribution is 5.94. The molecule has 2 heterocycles. The molecule has 1 saturated heterocycles. The molecule has 0 aliphatic carbocycles. The highest BCUT2D eigenvalue weighted by Gasteiger charge is 2.35. The molecule has 1 aliphatic rings. The lowest BCUT2D eigenvalue weighted by Gasteiger charge is -2.22. The van der Waals surface area contributed by atoms with Gasteiger partial charge in [0.2, 0.25) is 0 Å². The Morgan fingerprint density at radius 2 is 2.14 bits per heavy atom. The van der Waals surface area contributed by atoms with Gasteiger partial charge >= 0.3 is 0 Å². The SMILES string of the molecule is CC1(CN)CCN(C(=O)c2ccc(Cn3cccn3)cc2)C1. The monoisotopic (exact) mass is 298 g/mol. The molecule has 2 aromatic rings. The van der Waals surface area contributed by atoms with Gasteiger partial charge in [-0.05, 0) is 42.1 Å². The van der Waals surface area contributed by atoms with Crippen LogP contribution in [0.25, 0.3) is 0 Å². The maximum Gasteiger partial charge on any atom is 0.253 e. The molecule has 1 unspecified atom stereocenters. The number of carbonyl (C=O) groups excluding carboxylic acids is 1. The van der Waals surface area contributed by atoms with Gasteiger partial charge in [-0.2, -0.15) is 5.10 Å². The number of rotatable bonds is 4. The third-order valence-corrected chi connectivity index (χ3v) is 4.44. The third-order valence-electron chi connectivity index (χ3n) is 4.44. The molecule has 1 amide bonds. The zero-order chi connectivity index (χ0) is 15.6. The molecule has 0 spiro atoms. The maximum atomic E-state index is 12.5. The molecule has 3 rings (SSSR count). The van der Waals surface area contributed by atoms with E-state index in [1.165, 1.54) is 0 Å². The van der Waals surface area contributed by atoms with Crippen LogP contribution in [0.2, 0.25) is 0 Å². The molecule has 1 fully saturated rings. The zero-order valence-electron chi connectivity index (χ0n) is 12.9. The molecule has 116 valence electrons. The summed E-state index contributed by atoms with van der Waals surface area (Å²) in [6.07, 6.45) is 4.67. The summed E-state index contributed by atoms with van der Waals surface area (Å²) in [4.78, 5) is 14.5. The van der Waals surface area contributed by atoms with Gasteiger partial charge in [0.05, 0.1) is 6.54 Å². The van der Waals surface area contributed by atoms with Gasteiger partial charge in [0.25, 0.3) is 5.91 Å². The van der Waals surface area contributed by atoms with E-state index in [0.29, 0.717) is 6.54 Å². The second-order valence-electron chi connectivity index (χ2n) is 6.39. The van der Waals surface area contributed by atoms with Crippen LogP contribution >= 0.6 is 0 Å². The Balaban J connectivity index is 1.66. The van der Waals surface area contributed by atoms with Crippen molar-refractivity contribution in [3.05, 3.63) is 53.9 Å². The lowest BCUT2D eigenvalue weighted by atomic mass is 9.90. The predicted molar refractivity (Wildman–Crippen MR) is 85.5 cm³/mol. The van der Waals surface area contributed by atoms with Gasteiger partial charge in [0, 0.05) is 31.0 Å². The van der Waals surface area contributed by atoms with Crippen molar-refractivity contribution in [2.24, 2.45) is 11.1 Å². The summed E-state index contributed by atoms with van der Waals surface area (Å²) in [6, 6.07) is 9.69. The van der Waals surface area contributed by atoms with Gasteiger partial charge in [0.15, 0.2) is 0 Å². The van der Waals surface area contributed by atoms with Gasteiger partial charge in [-0.1, -0.05) is 19.1 Å². The number of hydrogen-bond donors (Lipinski definition) is 1. The number of aromatic nitrogens is 2. The first kappa shape index (κ1) is 14.8. The van der Waals surface area contributed by atoms with Crippen molar-refractivity contribution in [2.75, 3.05) is 19.6 Å². The van der Waals surface area contributed by atoms with Gasteiger partial charge < -0.3 is 10.6 Å². The molecule has 2 N–H and O–H groups in total. The number of carbonyl (C=O) groups is 1. The third kappa shape index (κ3) is 3.04. The van der Waals surface area contributed by atoms with Crippen molar-refractivity contribution in [1.29, 1.82) is 0 Å². The van der Waals surface area contributed by atoms with E-state index in [2.05, 4.69) is 12.0 Å². The summed E-state index contributed by atoms with van der Waals surface area (Å²) in [5.74, 6) is 0.0998. The van der Waals surface area contributed by atoms with E-state index in [1.54, 1.807) is 6.20 Å². The van der Waals surface area contributed by atoms with Gasteiger partial charge in [-0.25, -0.2) is 0 Å². The lowest BCUT2D eigenvalue weighted by Crippen LogP contribution is -2.34. The standard InChI is InChI=1S/C17H22N4O/c1-17(12-18)7-10-20(13-17)16(22)15-5-3-14(4-6-15)11-21-9-2-8-19-21/h2-6,8-9H,7,10-13,18H2,1H3. The van der Waals surface area contributed by atoms with Crippen LogP contribution in [-0.4, -0.2) is 40.2 Å². The lowest BCUT2D eigenvalue weighted by molar-refractivity contribution is 0.0777. The maximum absolute atomic E-state index is 12.5. The first-order valence-electron chi connectivity index (χ1n) is 7.65. The molecule has 1 aliphatic heterocycles. The quantitative estimate of drug-likeness (QED) is 0.935. The number of amides is 1. The number of likely N-dealkylation sites (tertiary alicyclic amines) is 1. The minimum atomic E-state index is 0.0652. The summed E-state index contributed by atoms with van der Waals surface area (Å²) >= 11 is 0. The predicted octanol–water partition coefficient (Wildman–Crippen LogP) is 1.74. The molecule has 0 bridgehead atoms. The molecule has 0 saturated carbocycles. The summed E-state index contributed by atoms with van der Waals surface area (Å²) < 4.78 is 1.87. The van der Waals surface area contributed by atoms with Crippen LogP contribution in [-0.2, 0) is 6.54 Å². The number of nitrogens with two attached hydrogens (primary N) is 1. The fourth-order valence-corrected chi connectivity index (χ4v) is 2.88. The summed E-state index contributed by atoms with van der Waals surface area (Å²) in [5.41, 5.74) is 7.75. The number of benzene rings is 1. The van der Waals surface area contributed by atoms with Gasteiger partial charge in [-0.15, -0.1) is 0 Å². The molecule has 1 aromatic heterocycles. The van der Waals surface area contributed by atoms with Crippen molar-refractivity contribution in [3.8, 4) is 0 Å². The van der Waals surface area contributed by atoms with Crippen LogP contribution in [0.3, 0.4) is 0 Å². The van der Waals surface area contributed by atoms with E-state index in [9.17, 15) is 4.79 Å². The average Bonchev–Trinajstić information content (AvgIpc) is 3.18. The van der Waals surface area contributed by atoms with E-state index in [1.807, 2.05) is 46.1 Å². The van der Waals surface area contributed by atoms with Crippen LogP contribution in [0.4, 0.5) is 0 Å². The average molecular weight is 298 g/mol. The van der Waals surface area contributed by atoms with E-state index in [4.69, 9.17) is 5.73 Å². The molecule has 22 heavy (non-hydrogen) atoms. The Kier molecular flexibility index (Phi) is 3.98. The first-order chi connectivity index (χ1) is 10.6. The van der Waals surface area contributed by atoms with Crippen molar-refractivity contribution in [3.63, 3.8) is 0 Å². The van der Waals surface area contributed by atoms with E-state index >= 15 is 0 Å². The molecule has 1 atom stereocenters. The fourth-order valence-electron chi connectivity index (χ4n) is 2.88. The van der Waals surface area contributed by atoms with Crippen molar-refractivity contribution < 1.29 is 4.79 Å². The molecule has 5 nitrogen and oxygen atoms in total. The van der Waals surface area contributed by atoms with Crippen molar-refractivity contribution in [1.82, 2.24) is 14.7 Å². The molecule has 1 aromatic carbocycles. The number of nitrogens with zero attached hydrogens (tertiary/aromatic N) is 3. The van der Waals surface area contributed by atoms with E-state index < -0.39 is 0 Å². The topological polar surface area (TPSA) is 64.2 Å². The fraction of sp³-hybridized carbons (Fsp3) is 0.412. The van der Waals surface area contributed by atoms with E-state index in [-0.39, 0.29) is 11.3 Å². The summed E-state index contributed by atoms with van der Waals surface area (Å²) in [6.45, 7) is 5.03. The minimum Gasteiger partial charge on any atom is -0.338 e. The zero-order valence-corrected chi connectivity index (χ0v) is 12.9. The number of hydrogen-bond acceptors (Lipinski definition) is 3. The van der Waals surface area contributed by atoms with Crippen molar-refractivity contribution >= 4 is 5.91 Å². The molecule has 5 heteroatoms. The van der Waals surface area contributed by atoms with E-state index in [0.717, 1.165) is 37.2 Å². The van der Waals surface area contributed by atoms with Gasteiger partial charge in [0.1, 0.15) is 0 Å². The first-order valence-corrected chi connectivity index (χ1v) is 7.65. The van der Waals surface area contributed by atoms with Crippen molar-refractivity contribution in [2.45, 2.75) is 19.9 Å². The Labute approximate surface area is 130 Å². The normalized spacial score (nSPS) is 21.3. The Bertz CT molecular complexity index is 635. The van der Waals surface area contributed by atoms with Crippen LogP contribution in [0.1, 0.15) is 29.3 Å². The molecular weight excluding hydrogens is 276 g/mol. The second-order valence-corrected chi connectivity index (χ2v) is 6.39. The van der Waals surface area contributed by atoms with Crippen LogP contribution in [0, 0.1) is 5.41 Å².